The molecule has 7 heteroatoms. The molecule has 26 heavy (non-hydrogen) atoms. The lowest BCUT2D eigenvalue weighted by Gasteiger charge is -2.21. The fourth-order valence-electron chi connectivity index (χ4n) is 3.92. The second-order valence-corrected chi connectivity index (χ2v) is 6.49. The minimum Gasteiger partial charge on any atom is -0.442 e. The number of ether oxygens (including phenoxy) is 1. The van der Waals surface area contributed by atoms with Crippen LogP contribution in [0.25, 0.3) is 0 Å². The first-order valence-electron chi connectivity index (χ1n) is 8.14. The summed E-state index contributed by atoms with van der Waals surface area (Å²) >= 11 is 0. The Kier molecular flexibility index (Phi) is 2.73. The number of carbonyl (C=O) groups excluding carboxylic acids is 4. The summed E-state index contributed by atoms with van der Waals surface area (Å²) in [6.07, 6.45) is -0.0971. The van der Waals surface area contributed by atoms with Gasteiger partial charge in [0.2, 0.25) is 5.60 Å². The van der Waals surface area contributed by atoms with E-state index in [4.69, 9.17) is 4.74 Å². The highest BCUT2D eigenvalue weighted by molar-refractivity contribution is 6.23. The Labute approximate surface area is 147 Å². The molecule has 5 rings (SSSR count). The van der Waals surface area contributed by atoms with Crippen molar-refractivity contribution in [1.82, 2.24) is 4.90 Å². The lowest BCUT2D eigenvalue weighted by molar-refractivity contribution is -0.157. The maximum atomic E-state index is 12.7. The Hall–Kier alpha value is -3.48. The molecular weight excluding hydrogens is 336 g/mol. The number of nitrogens with zero attached hydrogens (tertiary/aromatic N) is 1. The summed E-state index contributed by atoms with van der Waals surface area (Å²) in [4.78, 5) is 51.4. The molecule has 0 radical (unpaired) electrons. The molecule has 0 saturated carbocycles. The van der Waals surface area contributed by atoms with E-state index in [1.165, 1.54) is 0 Å². The Balaban J connectivity index is 1.56. The number of anilines is 1. The van der Waals surface area contributed by atoms with Gasteiger partial charge in [-0.1, -0.05) is 30.3 Å². The minimum absolute atomic E-state index is 0.0971. The van der Waals surface area contributed by atoms with E-state index in [1.807, 2.05) is 0 Å². The number of hydrogen-bond donors (Lipinski definition) is 1. The van der Waals surface area contributed by atoms with Crippen LogP contribution >= 0.6 is 0 Å². The van der Waals surface area contributed by atoms with Crippen LogP contribution in [0.4, 0.5) is 5.69 Å². The maximum absolute atomic E-state index is 12.7. The highest BCUT2D eigenvalue weighted by atomic mass is 16.6. The average Bonchev–Trinajstić information content (AvgIpc) is 3.21. The van der Waals surface area contributed by atoms with Crippen LogP contribution < -0.4 is 5.32 Å². The van der Waals surface area contributed by atoms with E-state index < -0.39 is 35.3 Å². The first-order chi connectivity index (χ1) is 12.5. The molecule has 0 aliphatic carbocycles. The summed E-state index contributed by atoms with van der Waals surface area (Å²) in [5.41, 5.74) is 0.101. The van der Waals surface area contributed by atoms with E-state index in [1.54, 1.807) is 48.5 Å². The third-order valence-electron chi connectivity index (χ3n) is 5.14. The largest absolute Gasteiger partial charge is 0.442 e. The number of para-hydroxylation sites is 1. The Morgan fingerprint density at radius 1 is 0.923 bits per heavy atom. The second kappa shape index (κ2) is 4.78. The standard InChI is InChI=1S/C19H12N2O5/c22-15-10-5-1-2-6-11(10)16(23)21(15)14-9-19(26-17(14)24)12-7-3-4-8-13(12)20-18(19)25/h1-8,14H,9H2,(H,20,25). The van der Waals surface area contributed by atoms with Crippen LogP contribution in [0.1, 0.15) is 32.7 Å². The molecule has 2 aromatic carbocycles. The van der Waals surface area contributed by atoms with Crippen LogP contribution in [-0.4, -0.2) is 34.6 Å². The second-order valence-electron chi connectivity index (χ2n) is 6.49. The number of hydrogen-bond acceptors (Lipinski definition) is 5. The summed E-state index contributed by atoms with van der Waals surface area (Å²) in [7, 11) is 0. The van der Waals surface area contributed by atoms with E-state index >= 15 is 0 Å². The predicted molar refractivity (Wildman–Crippen MR) is 88.2 cm³/mol. The first-order valence-corrected chi connectivity index (χ1v) is 8.14. The number of amides is 3. The quantitative estimate of drug-likeness (QED) is 0.622. The van der Waals surface area contributed by atoms with E-state index in [0.717, 1.165) is 4.90 Å². The molecule has 3 amide bonds. The van der Waals surface area contributed by atoms with E-state index in [-0.39, 0.29) is 17.5 Å². The van der Waals surface area contributed by atoms with Crippen LogP contribution in [0.3, 0.4) is 0 Å². The number of carbonyl (C=O) groups is 4. The fourth-order valence-corrected chi connectivity index (χ4v) is 3.92. The lowest BCUT2D eigenvalue weighted by atomic mass is 9.90. The average molecular weight is 348 g/mol. The van der Waals surface area contributed by atoms with Crippen LogP contribution in [0.2, 0.25) is 0 Å². The molecular formula is C19H12N2O5. The monoisotopic (exact) mass is 348 g/mol. The van der Waals surface area contributed by atoms with Gasteiger partial charge in [-0.05, 0) is 18.2 Å². The van der Waals surface area contributed by atoms with Crippen molar-refractivity contribution in [3.05, 3.63) is 65.2 Å². The molecule has 2 atom stereocenters. The molecule has 1 saturated heterocycles. The molecule has 3 aliphatic heterocycles. The van der Waals surface area contributed by atoms with Crippen LogP contribution in [0, 0.1) is 0 Å². The summed E-state index contributed by atoms with van der Waals surface area (Å²) in [5.74, 6) is -2.31. The molecule has 0 aromatic heterocycles. The Morgan fingerprint density at radius 3 is 2.23 bits per heavy atom. The van der Waals surface area contributed by atoms with Crippen molar-refractivity contribution >= 4 is 29.4 Å². The Bertz CT molecular complexity index is 995. The Morgan fingerprint density at radius 2 is 1.54 bits per heavy atom. The van der Waals surface area contributed by atoms with Crippen LogP contribution in [0.15, 0.2) is 48.5 Å². The summed E-state index contributed by atoms with van der Waals surface area (Å²) in [6, 6.07) is 12.2. The molecule has 128 valence electrons. The van der Waals surface area contributed by atoms with Gasteiger partial charge in [0.05, 0.1) is 11.1 Å². The number of esters is 1. The van der Waals surface area contributed by atoms with Gasteiger partial charge >= 0.3 is 5.97 Å². The highest BCUT2D eigenvalue weighted by Crippen LogP contribution is 2.47. The van der Waals surface area contributed by atoms with E-state index in [2.05, 4.69) is 5.32 Å². The van der Waals surface area contributed by atoms with Crippen molar-refractivity contribution in [2.75, 3.05) is 5.32 Å². The van der Waals surface area contributed by atoms with Crippen LogP contribution in [0.5, 0.6) is 0 Å². The van der Waals surface area contributed by atoms with Crippen molar-refractivity contribution in [2.45, 2.75) is 18.1 Å². The number of fused-ring (bicyclic) bond motifs is 3. The van der Waals surface area contributed by atoms with Gasteiger partial charge in [-0.3, -0.25) is 19.3 Å². The topological polar surface area (TPSA) is 92.8 Å². The number of nitrogens with one attached hydrogen (secondary N) is 1. The molecule has 3 heterocycles. The molecule has 2 aromatic rings. The SMILES string of the molecule is O=C1OC2(CC1N1C(=O)c3ccccc3C1=O)C(=O)Nc1ccccc12. The molecule has 1 spiro atoms. The molecule has 2 unspecified atom stereocenters. The van der Waals surface area contributed by atoms with Gasteiger partial charge in [0.25, 0.3) is 17.7 Å². The zero-order valence-corrected chi connectivity index (χ0v) is 13.4. The van der Waals surface area contributed by atoms with Gasteiger partial charge in [-0.2, -0.15) is 0 Å². The third-order valence-corrected chi connectivity index (χ3v) is 5.14. The molecule has 7 nitrogen and oxygen atoms in total. The maximum Gasteiger partial charge on any atom is 0.330 e. The molecule has 0 bridgehead atoms. The van der Waals surface area contributed by atoms with Gasteiger partial charge in [0, 0.05) is 17.7 Å². The number of benzene rings is 2. The highest BCUT2D eigenvalue weighted by Gasteiger charge is 2.61. The number of rotatable bonds is 1. The predicted octanol–water partition coefficient (Wildman–Crippen LogP) is 1.45. The van der Waals surface area contributed by atoms with Gasteiger partial charge in [0.15, 0.2) is 0 Å². The zero-order chi connectivity index (χ0) is 18.1. The summed E-state index contributed by atoms with van der Waals surface area (Å²) < 4.78 is 5.47. The lowest BCUT2D eigenvalue weighted by Crippen LogP contribution is -2.43. The van der Waals surface area contributed by atoms with Crippen molar-refractivity contribution in [2.24, 2.45) is 0 Å². The summed E-state index contributed by atoms with van der Waals surface area (Å²) in [6.45, 7) is 0. The normalized spacial score (nSPS) is 26.2. The molecule has 1 N–H and O–H groups in total. The smallest absolute Gasteiger partial charge is 0.330 e. The summed E-state index contributed by atoms with van der Waals surface area (Å²) in [5, 5.41) is 2.70. The van der Waals surface area contributed by atoms with E-state index in [9.17, 15) is 19.2 Å². The van der Waals surface area contributed by atoms with Gasteiger partial charge in [-0.25, -0.2) is 4.79 Å². The van der Waals surface area contributed by atoms with Gasteiger partial charge in [-0.15, -0.1) is 0 Å². The number of imide groups is 1. The van der Waals surface area contributed by atoms with Gasteiger partial charge in [0.1, 0.15) is 6.04 Å². The van der Waals surface area contributed by atoms with Crippen molar-refractivity contribution in [3.63, 3.8) is 0 Å². The van der Waals surface area contributed by atoms with Crippen LogP contribution in [-0.2, 0) is 19.9 Å². The van der Waals surface area contributed by atoms with Crippen molar-refractivity contribution in [1.29, 1.82) is 0 Å². The molecule has 3 aliphatic rings. The first kappa shape index (κ1) is 14.8. The fraction of sp³-hybridized carbons (Fsp3) is 0.158. The van der Waals surface area contributed by atoms with Crippen molar-refractivity contribution < 1.29 is 23.9 Å². The van der Waals surface area contributed by atoms with E-state index in [0.29, 0.717) is 11.3 Å². The molecule has 1 fully saturated rings. The minimum atomic E-state index is -1.51. The third kappa shape index (κ3) is 1.67. The van der Waals surface area contributed by atoms with Crippen molar-refractivity contribution in [3.8, 4) is 0 Å². The van der Waals surface area contributed by atoms with Gasteiger partial charge < -0.3 is 10.1 Å². The zero-order valence-electron chi connectivity index (χ0n) is 13.4.